The van der Waals surface area contributed by atoms with E-state index in [1.54, 1.807) is 18.2 Å². The maximum atomic E-state index is 13.9. The molecule has 1 aromatic heterocycles. The number of rotatable bonds is 4. The van der Waals surface area contributed by atoms with Crippen molar-refractivity contribution in [3.63, 3.8) is 0 Å². The van der Waals surface area contributed by atoms with E-state index in [1.165, 1.54) is 18.2 Å². The maximum Gasteiger partial charge on any atom is 0.416 e. The van der Waals surface area contributed by atoms with E-state index >= 15 is 0 Å². The molecule has 1 fully saturated rings. The summed E-state index contributed by atoms with van der Waals surface area (Å²) in [5, 5.41) is 8.01. The molecule has 146 valence electrons. The third kappa shape index (κ3) is 3.91. The van der Waals surface area contributed by atoms with Crippen molar-refractivity contribution in [2.45, 2.75) is 25.1 Å². The molecule has 0 amide bonds. The van der Waals surface area contributed by atoms with Crippen LogP contribution in [0.2, 0.25) is 0 Å². The molecule has 4 rings (SSSR count). The van der Waals surface area contributed by atoms with E-state index in [-0.39, 0.29) is 17.4 Å². The summed E-state index contributed by atoms with van der Waals surface area (Å²) in [5.74, 6) is 0.193. The fourth-order valence-electron chi connectivity index (χ4n) is 3.38. The molecule has 0 aliphatic carbocycles. The average Bonchev–Trinajstić information content (AvgIpc) is 3.31. The lowest BCUT2D eigenvalue weighted by atomic mass is 10.1. The summed E-state index contributed by atoms with van der Waals surface area (Å²) in [5.41, 5.74) is 0.425. The number of aromatic nitrogens is 2. The number of likely N-dealkylation sites (tertiary alicyclic amines) is 1. The minimum atomic E-state index is -4.33. The molecule has 0 radical (unpaired) electrons. The smallest absolute Gasteiger partial charge is 0.416 e. The van der Waals surface area contributed by atoms with Crippen LogP contribution >= 0.6 is 0 Å². The van der Waals surface area contributed by atoms with Crippen LogP contribution < -0.4 is 0 Å². The van der Waals surface area contributed by atoms with Gasteiger partial charge in [0.15, 0.2) is 0 Å². The molecule has 2 heterocycles. The molecule has 0 saturated carbocycles. The molecule has 1 saturated heterocycles. The highest BCUT2D eigenvalue weighted by Crippen LogP contribution is 2.31. The summed E-state index contributed by atoms with van der Waals surface area (Å²) in [4.78, 5) is 2.13. The van der Waals surface area contributed by atoms with Crippen molar-refractivity contribution in [1.29, 1.82) is 0 Å². The second-order valence-corrected chi connectivity index (χ2v) is 6.84. The first-order valence-electron chi connectivity index (χ1n) is 8.87. The quantitative estimate of drug-likeness (QED) is 0.595. The second kappa shape index (κ2) is 7.35. The van der Waals surface area contributed by atoms with Gasteiger partial charge in [0, 0.05) is 13.1 Å². The van der Waals surface area contributed by atoms with Gasteiger partial charge in [-0.2, -0.15) is 13.2 Å². The van der Waals surface area contributed by atoms with Gasteiger partial charge >= 0.3 is 6.18 Å². The van der Waals surface area contributed by atoms with E-state index in [0.29, 0.717) is 19.0 Å². The van der Waals surface area contributed by atoms with Gasteiger partial charge in [0.1, 0.15) is 5.82 Å². The van der Waals surface area contributed by atoms with Gasteiger partial charge in [-0.3, -0.25) is 4.90 Å². The molecule has 28 heavy (non-hydrogen) atoms. The van der Waals surface area contributed by atoms with Gasteiger partial charge in [-0.15, -0.1) is 10.2 Å². The van der Waals surface area contributed by atoms with Gasteiger partial charge in [0.05, 0.1) is 17.0 Å². The largest absolute Gasteiger partial charge is 0.420 e. The molecule has 2 aromatic carbocycles. The molecule has 4 nitrogen and oxygen atoms in total. The van der Waals surface area contributed by atoms with Crippen molar-refractivity contribution in [1.82, 2.24) is 15.1 Å². The molecular formula is C20H17F4N3O. The van der Waals surface area contributed by atoms with Gasteiger partial charge in [-0.25, -0.2) is 4.39 Å². The lowest BCUT2D eigenvalue weighted by molar-refractivity contribution is -0.137. The first kappa shape index (κ1) is 18.6. The number of hydrogen-bond acceptors (Lipinski definition) is 4. The van der Waals surface area contributed by atoms with E-state index in [2.05, 4.69) is 15.1 Å². The van der Waals surface area contributed by atoms with Crippen molar-refractivity contribution in [3.05, 3.63) is 71.4 Å². The zero-order valence-electron chi connectivity index (χ0n) is 14.8. The van der Waals surface area contributed by atoms with Gasteiger partial charge in [-0.05, 0) is 42.8 Å². The molecule has 3 aromatic rings. The van der Waals surface area contributed by atoms with Crippen molar-refractivity contribution in [2.75, 3.05) is 13.1 Å². The Labute approximate surface area is 158 Å². The Balaban J connectivity index is 1.40. The predicted molar refractivity (Wildman–Crippen MR) is 93.8 cm³/mol. The summed E-state index contributed by atoms with van der Waals surface area (Å²) in [7, 11) is 0. The molecule has 8 heteroatoms. The molecule has 0 spiro atoms. The van der Waals surface area contributed by atoms with Crippen molar-refractivity contribution in [3.8, 4) is 11.5 Å². The highest BCUT2D eigenvalue weighted by molar-refractivity contribution is 5.53. The van der Waals surface area contributed by atoms with Crippen LogP contribution in [0.25, 0.3) is 11.5 Å². The normalized spacial score (nSPS) is 17.9. The van der Waals surface area contributed by atoms with Crippen LogP contribution in [0, 0.1) is 5.82 Å². The first-order valence-corrected chi connectivity index (χ1v) is 8.87. The molecule has 1 atom stereocenters. The summed E-state index contributed by atoms with van der Waals surface area (Å²) in [6.45, 7) is 1.96. The van der Waals surface area contributed by atoms with E-state index in [1.807, 2.05) is 0 Å². The average molecular weight is 391 g/mol. The maximum absolute atomic E-state index is 13.9. The van der Waals surface area contributed by atoms with Crippen molar-refractivity contribution >= 4 is 0 Å². The number of hydrogen-bond donors (Lipinski definition) is 0. The molecule has 0 unspecified atom stereocenters. The van der Waals surface area contributed by atoms with Gasteiger partial charge in [0.25, 0.3) is 5.89 Å². The van der Waals surface area contributed by atoms with Crippen LogP contribution in [0.4, 0.5) is 17.6 Å². The van der Waals surface area contributed by atoms with Crippen LogP contribution in [0.15, 0.2) is 52.9 Å². The second-order valence-electron chi connectivity index (χ2n) is 6.84. The SMILES string of the molecule is Fc1ccccc1-c1nnc([C@H]2CCN(Cc3ccc(C(F)(F)F)cc3)C2)o1. The Hall–Kier alpha value is -2.74. The van der Waals surface area contributed by atoms with Crippen LogP contribution in [-0.2, 0) is 12.7 Å². The minimum absolute atomic E-state index is 0.0162. The first-order chi connectivity index (χ1) is 13.4. The van der Waals surface area contributed by atoms with Crippen molar-refractivity contribution < 1.29 is 22.0 Å². The third-order valence-electron chi connectivity index (χ3n) is 4.85. The summed E-state index contributed by atoms with van der Waals surface area (Å²) in [6, 6.07) is 11.4. The van der Waals surface area contributed by atoms with Gasteiger partial charge in [-0.1, -0.05) is 24.3 Å². The fraction of sp³-hybridized carbons (Fsp3) is 0.300. The standard InChI is InChI=1S/C20H17F4N3O/c21-17-4-2-1-3-16(17)19-26-25-18(28-19)14-9-10-27(12-14)11-13-5-7-15(8-6-13)20(22,23)24/h1-8,14H,9-12H2/t14-/m0/s1. The van der Waals surface area contributed by atoms with E-state index < -0.39 is 17.6 Å². The van der Waals surface area contributed by atoms with Crippen LogP contribution in [-0.4, -0.2) is 28.2 Å². The highest BCUT2D eigenvalue weighted by atomic mass is 19.4. The lowest BCUT2D eigenvalue weighted by Gasteiger charge is -2.16. The van der Waals surface area contributed by atoms with Crippen LogP contribution in [0.5, 0.6) is 0 Å². The number of nitrogens with zero attached hydrogens (tertiary/aromatic N) is 3. The number of halogens is 4. The van der Waals surface area contributed by atoms with Crippen LogP contribution in [0.3, 0.4) is 0 Å². The predicted octanol–water partition coefficient (Wildman–Crippen LogP) is 4.88. The Kier molecular flexibility index (Phi) is 4.89. The van der Waals surface area contributed by atoms with Gasteiger partial charge in [0.2, 0.25) is 5.89 Å². The van der Waals surface area contributed by atoms with E-state index in [9.17, 15) is 17.6 Å². The lowest BCUT2D eigenvalue weighted by Crippen LogP contribution is -2.20. The van der Waals surface area contributed by atoms with E-state index in [0.717, 1.165) is 30.7 Å². The summed E-state index contributed by atoms with van der Waals surface area (Å²) in [6.07, 6.45) is -3.54. The van der Waals surface area contributed by atoms with Crippen molar-refractivity contribution in [2.24, 2.45) is 0 Å². The van der Waals surface area contributed by atoms with Crippen LogP contribution in [0.1, 0.15) is 29.4 Å². The summed E-state index contributed by atoms with van der Waals surface area (Å²) < 4.78 is 57.5. The number of benzene rings is 2. The Morgan fingerprint density at radius 1 is 1.04 bits per heavy atom. The van der Waals surface area contributed by atoms with Gasteiger partial charge < -0.3 is 4.42 Å². The zero-order valence-corrected chi connectivity index (χ0v) is 14.8. The highest BCUT2D eigenvalue weighted by Gasteiger charge is 2.31. The molecule has 1 aliphatic heterocycles. The zero-order chi connectivity index (χ0) is 19.7. The fourth-order valence-corrected chi connectivity index (χ4v) is 3.38. The summed E-state index contributed by atoms with van der Waals surface area (Å²) >= 11 is 0. The molecule has 1 aliphatic rings. The Morgan fingerprint density at radius 2 is 1.79 bits per heavy atom. The Morgan fingerprint density at radius 3 is 2.50 bits per heavy atom. The number of alkyl halides is 3. The Bertz CT molecular complexity index is 953. The monoisotopic (exact) mass is 391 g/mol. The molecular weight excluding hydrogens is 374 g/mol. The third-order valence-corrected chi connectivity index (χ3v) is 4.85. The molecule has 0 bridgehead atoms. The topological polar surface area (TPSA) is 42.2 Å². The van der Waals surface area contributed by atoms with E-state index in [4.69, 9.17) is 4.42 Å². The minimum Gasteiger partial charge on any atom is -0.420 e. The molecule has 0 N–H and O–H groups in total.